The molecule has 3 heteroatoms. The van der Waals surface area contributed by atoms with Gasteiger partial charge >= 0.3 is 0 Å². The molecule has 1 aliphatic rings. The third-order valence-electron chi connectivity index (χ3n) is 2.12. The van der Waals surface area contributed by atoms with Crippen molar-refractivity contribution >= 4 is 5.84 Å². The van der Waals surface area contributed by atoms with Crippen molar-refractivity contribution in [1.82, 2.24) is 5.32 Å². The lowest BCUT2D eigenvalue weighted by Gasteiger charge is -2.10. The molecule has 1 heterocycles. The van der Waals surface area contributed by atoms with Crippen molar-refractivity contribution in [3.63, 3.8) is 0 Å². The molecule has 1 aliphatic heterocycles. The lowest BCUT2D eigenvalue weighted by Crippen LogP contribution is -2.24. The fourth-order valence-electron chi connectivity index (χ4n) is 1.29. The molecule has 0 amide bonds. The normalized spacial score (nSPS) is 25.0. The maximum atomic E-state index is 5.11. The lowest BCUT2D eigenvalue weighted by atomic mass is 10.1. The SMILES string of the molecule is CCC1C=CC(OC)=CNC1=NC. The van der Waals surface area contributed by atoms with Crippen molar-refractivity contribution in [2.75, 3.05) is 14.2 Å². The zero-order chi connectivity index (χ0) is 9.68. The van der Waals surface area contributed by atoms with Gasteiger partial charge < -0.3 is 10.1 Å². The molecule has 1 atom stereocenters. The minimum atomic E-state index is 0.369. The molecule has 72 valence electrons. The van der Waals surface area contributed by atoms with Gasteiger partial charge in [-0.2, -0.15) is 0 Å². The average molecular weight is 180 g/mol. The highest BCUT2D eigenvalue weighted by molar-refractivity contribution is 5.87. The van der Waals surface area contributed by atoms with Crippen LogP contribution >= 0.6 is 0 Å². The molecule has 1 unspecified atom stereocenters. The molecule has 0 bridgehead atoms. The molecule has 0 aromatic heterocycles. The van der Waals surface area contributed by atoms with Gasteiger partial charge in [0.1, 0.15) is 11.6 Å². The molecule has 0 fully saturated rings. The average Bonchev–Trinajstić information content (AvgIpc) is 2.38. The smallest absolute Gasteiger partial charge is 0.134 e. The van der Waals surface area contributed by atoms with Gasteiger partial charge in [0.05, 0.1) is 7.11 Å². The molecule has 0 saturated heterocycles. The number of allylic oxidation sites excluding steroid dienone is 1. The van der Waals surface area contributed by atoms with Crippen LogP contribution in [0.4, 0.5) is 0 Å². The molecule has 0 aromatic carbocycles. The first-order chi connectivity index (χ1) is 6.31. The van der Waals surface area contributed by atoms with Crippen LogP contribution in [0, 0.1) is 5.92 Å². The van der Waals surface area contributed by atoms with Crippen LogP contribution in [0.25, 0.3) is 0 Å². The summed E-state index contributed by atoms with van der Waals surface area (Å²) >= 11 is 0. The van der Waals surface area contributed by atoms with Gasteiger partial charge in [-0.15, -0.1) is 0 Å². The fraction of sp³-hybridized carbons (Fsp3) is 0.500. The van der Waals surface area contributed by atoms with Crippen LogP contribution in [-0.2, 0) is 4.74 Å². The number of ether oxygens (including phenoxy) is 1. The van der Waals surface area contributed by atoms with Crippen LogP contribution in [0.15, 0.2) is 29.1 Å². The van der Waals surface area contributed by atoms with E-state index in [0.717, 1.165) is 18.0 Å². The van der Waals surface area contributed by atoms with E-state index in [2.05, 4.69) is 23.3 Å². The largest absolute Gasteiger partial charge is 0.495 e. The molecule has 1 rings (SSSR count). The zero-order valence-electron chi connectivity index (χ0n) is 8.37. The molecule has 13 heavy (non-hydrogen) atoms. The van der Waals surface area contributed by atoms with Gasteiger partial charge in [-0.1, -0.05) is 13.0 Å². The minimum absolute atomic E-state index is 0.369. The molecule has 0 saturated carbocycles. The molecule has 3 nitrogen and oxygen atoms in total. The summed E-state index contributed by atoms with van der Waals surface area (Å²) in [6, 6.07) is 0. The Kier molecular flexibility index (Phi) is 3.55. The van der Waals surface area contributed by atoms with E-state index in [9.17, 15) is 0 Å². The van der Waals surface area contributed by atoms with Gasteiger partial charge in [-0.3, -0.25) is 4.99 Å². The molecule has 0 aromatic rings. The summed E-state index contributed by atoms with van der Waals surface area (Å²) < 4.78 is 5.11. The van der Waals surface area contributed by atoms with Crippen molar-refractivity contribution in [3.05, 3.63) is 24.1 Å². The molecular weight excluding hydrogens is 164 g/mol. The number of aliphatic imine (C=N–C) groups is 1. The van der Waals surface area contributed by atoms with E-state index in [-0.39, 0.29) is 0 Å². The first kappa shape index (κ1) is 9.84. The number of rotatable bonds is 2. The topological polar surface area (TPSA) is 33.6 Å². The van der Waals surface area contributed by atoms with E-state index >= 15 is 0 Å². The van der Waals surface area contributed by atoms with Crippen molar-refractivity contribution in [2.24, 2.45) is 10.9 Å². The highest BCUT2D eigenvalue weighted by Gasteiger charge is 2.11. The van der Waals surface area contributed by atoms with E-state index in [1.165, 1.54) is 0 Å². The monoisotopic (exact) mass is 180 g/mol. The second-order valence-corrected chi connectivity index (χ2v) is 2.88. The van der Waals surface area contributed by atoms with E-state index < -0.39 is 0 Å². The second-order valence-electron chi connectivity index (χ2n) is 2.88. The summed E-state index contributed by atoms with van der Waals surface area (Å²) in [6.07, 6.45) is 6.95. The minimum Gasteiger partial charge on any atom is -0.495 e. The molecule has 0 radical (unpaired) electrons. The first-order valence-electron chi connectivity index (χ1n) is 4.47. The van der Waals surface area contributed by atoms with Crippen molar-refractivity contribution in [1.29, 1.82) is 0 Å². The Labute approximate surface area is 79.2 Å². The number of amidine groups is 1. The molecule has 1 N–H and O–H groups in total. The van der Waals surface area contributed by atoms with E-state index in [4.69, 9.17) is 4.74 Å². The molecular formula is C10H16N2O. The van der Waals surface area contributed by atoms with E-state index in [1.54, 1.807) is 14.2 Å². The highest BCUT2D eigenvalue weighted by Crippen LogP contribution is 2.11. The Hall–Kier alpha value is -1.25. The summed E-state index contributed by atoms with van der Waals surface area (Å²) in [7, 11) is 3.46. The predicted molar refractivity (Wildman–Crippen MR) is 54.5 cm³/mol. The van der Waals surface area contributed by atoms with Crippen LogP contribution in [-0.4, -0.2) is 20.0 Å². The Morgan fingerprint density at radius 1 is 1.62 bits per heavy atom. The number of methoxy groups -OCH3 is 1. The predicted octanol–water partition coefficient (Wildman–Crippen LogP) is 1.69. The maximum absolute atomic E-state index is 5.11. The Bertz CT molecular complexity index is 254. The fourth-order valence-corrected chi connectivity index (χ4v) is 1.29. The van der Waals surface area contributed by atoms with Crippen molar-refractivity contribution in [2.45, 2.75) is 13.3 Å². The van der Waals surface area contributed by atoms with Crippen LogP contribution in [0.3, 0.4) is 0 Å². The number of nitrogens with one attached hydrogen (secondary N) is 1. The lowest BCUT2D eigenvalue weighted by molar-refractivity contribution is 0.305. The van der Waals surface area contributed by atoms with Gasteiger partial charge in [0.15, 0.2) is 0 Å². The zero-order valence-corrected chi connectivity index (χ0v) is 8.37. The van der Waals surface area contributed by atoms with Crippen LogP contribution in [0.5, 0.6) is 0 Å². The summed E-state index contributed by atoms with van der Waals surface area (Å²) in [5.41, 5.74) is 0. The quantitative estimate of drug-likeness (QED) is 0.701. The van der Waals surface area contributed by atoms with E-state index in [1.807, 2.05) is 12.3 Å². The maximum Gasteiger partial charge on any atom is 0.134 e. The Balaban J connectivity index is 2.82. The molecule has 0 spiro atoms. The van der Waals surface area contributed by atoms with E-state index in [0.29, 0.717) is 5.92 Å². The molecule has 0 aliphatic carbocycles. The first-order valence-corrected chi connectivity index (χ1v) is 4.47. The summed E-state index contributed by atoms with van der Waals surface area (Å²) in [5, 5.41) is 3.13. The van der Waals surface area contributed by atoms with Gasteiger partial charge in [-0.05, 0) is 12.5 Å². The van der Waals surface area contributed by atoms with Crippen molar-refractivity contribution in [3.8, 4) is 0 Å². The number of nitrogens with zero attached hydrogens (tertiary/aromatic N) is 1. The Morgan fingerprint density at radius 2 is 2.38 bits per heavy atom. The van der Waals surface area contributed by atoms with Crippen LogP contribution < -0.4 is 5.32 Å². The second kappa shape index (κ2) is 4.70. The van der Waals surface area contributed by atoms with Crippen LogP contribution in [0.2, 0.25) is 0 Å². The summed E-state index contributed by atoms with van der Waals surface area (Å²) in [6.45, 7) is 2.14. The number of hydrogen-bond donors (Lipinski definition) is 1. The Morgan fingerprint density at radius 3 is 2.92 bits per heavy atom. The third-order valence-corrected chi connectivity index (χ3v) is 2.12. The number of hydrogen-bond acceptors (Lipinski definition) is 2. The van der Waals surface area contributed by atoms with Crippen molar-refractivity contribution < 1.29 is 4.74 Å². The third kappa shape index (κ3) is 2.34. The highest BCUT2D eigenvalue weighted by atomic mass is 16.5. The summed E-state index contributed by atoms with van der Waals surface area (Å²) in [4.78, 5) is 4.18. The van der Waals surface area contributed by atoms with Gasteiger partial charge in [0.2, 0.25) is 0 Å². The van der Waals surface area contributed by atoms with Crippen LogP contribution in [0.1, 0.15) is 13.3 Å². The van der Waals surface area contributed by atoms with Gasteiger partial charge in [-0.25, -0.2) is 0 Å². The summed E-state index contributed by atoms with van der Waals surface area (Å²) in [5.74, 6) is 2.19. The van der Waals surface area contributed by atoms with Gasteiger partial charge in [0.25, 0.3) is 0 Å². The standard InChI is InChI=1S/C10H16N2O/c1-4-8-5-6-9(13-3)7-12-10(8)11-2/h5-8H,4H2,1-3H3,(H,11,12). The van der Waals surface area contributed by atoms with Gasteiger partial charge in [0, 0.05) is 19.2 Å².